The number of tetrazole rings is 1. The van der Waals surface area contributed by atoms with E-state index in [0.717, 1.165) is 38.9 Å². The summed E-state index contributed by atoms with van der Waals surface area (Å²) in [5.74, 6) is 0.161. The van der Waals surface area contributed by atoms with E-state index in [0.29, 0.717) is 29.1 Å². The van der Waals surface area contributed by atoms with Crippen LogP contribution in [0.5, 0.6) is 5.75 Å². The topological polar surface area (TPSA) is 104 Å². The molecule has 39 heavy (non-hydrogen) atoms. The van der Waals surface area contributed by atoms with Crippen LogP contribution in [0.4, 0.5) is 0 Å². The number of benzene rings is 3. The third kappa shape index (κ3) is 4.57. The van der Waals surface area contributed by atoms with Gasteiger partial charge < -0.3 is 14.2 Å². The molecule has 1 N–H and O–H groups in total. The molecule has 3 heterocycles. The number of pyridine rings is 1. The molecule has 0 radical (unpaired) electrons. The number of imidazole rings is 1. The quantitative estimate of drug-likeness (QED) is 0.333. The van der Waals surface area contributed by atoms with Gasteiger partial charge in [-0.15, -0.1) is 5.10 Å². The number of hydrogen-bond acceptors (Lipinski definition) is 6. The van der Waals surface area contributed by atoms with Crippen LogP contribution < -0.4 is 5.56 Å². The van der Waals surface area contributed by atoms with Crippen LogP contribution >= 0.6 is 11.6 Å². The van der Waals surface area contributed by atoms with Gasteiger partial charge in [-0.25, -0.2) is 9.67 Å². The van der Waals surface area contributed by atoms with Gasteiger partial charge in [-0.3, -0.25) is 4.79 Å². The summed E-state index contributed by atoms with van der Waals surface area (Å²) < 4.78 is 5.09. The summed E-state index contributed by atoms with van der Waals surface area (Å²) >= 11 is 6.28. The first-order valence-corrected chi connectivity index (χ1v) is 12.7. The molecular weight excluding hydrogens is 514 g/mol. The second-order valence-corrected chi connectivity index (χ2v) is 9.93. The van der Waals surface area contributed by atoms with Crippen molar-refractivity contribution in [2.45, 2.75) is 13.0 Å². The fourth-order valence-electron chi connectivity index (χ4n) is 5.00. The maximum atomic E-state index is 12.8. The molecule has 3 aromatic carbocycles. The molecule has 0 aliphatic carbocycles. The van der Waals surface area contributed by atoms with Gasteiger partial charge in [-0.05, 0) is 63.4 Å². The number of aryl methyl sites for hydroxylation is 2. The zero-order valence-corrected chi connectivity index (χ0v) is 22.0. The Morgan fingerprint density at radius 1 is 0.974 bits per heavy atom. The first kappa shape index (κ1) is 24.6. The molecule has 10 heteroatoms. The summed E-state index contributed by atoms with van der Waals surface area (Å²) in [5.41, 5.74) is 6.59. The van der Waals surface area contributed by atoms with Crippen LogP contribution in [0.25, 0.3) is 33.3 Å². The Bertz CT molecular complexity index is 1890. The van der Waals surface area contributed by atoms with E-state index in [4.69, 9.17) is 11.6 Å². The van der Waals surface area contributed by atoms with Crippen LogP contribution in [-0.2, 0) is 27.1 Å². The number of aromatic nitrogens is 7. The molecule has 6 rings (SSSR count). The number of rotatable bonds is 6. The van der Waals surface area contributed by atoms with E-state index < -0.39 is 0 Å². The van der Waals surface area contributed by atoms with E-state index in [1.807, 2.05) is 60.1 Å². The highest BCUT2D eigenvalue weighted by Crippen LogP contribution is 2.37. The maximum Gasteiger partial charge on any atom is 0.251 e. The number of phenols is 1. The fraction of sp³-hybridized carbons (Fsp3) is 0.138. The Labute approximate surface area is 228 Å². The molecule has 6 aromatic rings. The number of aromatic hydroxyl groups is 1. The van der Waals surface area contributed by atoms with E-state index in [2.05, 4.69) is 26.6 Å². The van der Waals surface area contributed by atoms with Crippen LogP contribution in [0.1, 0.15) is 16.7 Å². The number of hydrogen-bond donors (Lipinski definition) is 1. The zero-order valence-electron chi connectivity index (χ0n) is 21.3. The van der Waals surface area contributed by atoms with Crippen LogP contribution in [0.2, 0.25) is 5.02 Å². The number of halogens is 1. The lowest BCUT2D eigenvalue weighted by molar-refractivity contribution is 0.464. The van der Waals surface area contributed by atoms with E-state index in [9.17, 15) is 9.90 Å². The van der Waals surface area contributed by atoms with Crippen molar-refractivity contribution in [3.8, 4) is 28.1 Å². The summed E-state index contributed by atoms with van der Waals surface area (Å²) in [6, 6.07) is 19.2. The third-order valence-corrected chi connectivity index (χ3v) is 7.22. The van der Waals surface area contributed by atoms with Crippen molar-refractivity contribution in [3.05, 3.63) is 112 Å². The highest BCUT2D eigenvalue weighted by atomic mass is 35.5. The Hall–Kier alpha value is -4.76. The highest BCUT2D eigenvalue weighted by Gasteiger charge is 2.19. The van der Waals surface area contributed by atoms with Crippen molar-refractivity contribution >= 4 is 22.5 Å². The highest BCUT2D eigenvalue weighted by molar-refractivity contribution is 6.30. The van der Waals surface area contributed by atoms with E-state index in [-0.39, 0.29) is 11.3 Å². The largest absolute Gasteiger partial charge is 0.507 e. The summed E-state index contributed by atoms with van der Waals surface area (Å²) in [6.07, 6.45) is 5.51. The lowest BCUT2D eigenvalue weighted by atomic mass is 9.93. The molecule has 194 valence electrons. The van der Waals surface area contributed by atoms with Gasteiger partial charge in [-0.1, -0.05) is 41.9 Å². The summed E-state index contributed by atoms with van der Waals surface area (Å²) in [5, 5.41) is 24.3. The average molecular weight is 538 g/mol. The van der Waals surface area contributed by atoms with Crippen molar-refractivity contribution in [2.24, 2.45) is 14.1 Å². The smallest absolute Gasteiger partial charge is 0.251 e. The molecule has 3 aromatic heterocycles. The van der Waals surface area contributed by atoms with Gasteiger partial charge in [0.15, 0.2) is 0 Å². The van der Waals surface area contributed by atoms with Crippen molar-refractivity contribution in [1.82, 2.24) is 34.3 Å². The zero-order chi connectivity index (χ0) is 27.1. The third-order valence-electron chi connectivity index (χ3n) is 6.99. The monoisotopic (exact) mass is 537 g/mol. The summed E-state index contributed by atoms with van der Waals surface area (Å²) in [4.78, 5) is 17.0. The SMILES string of the molecule is Cn1cncc1-c1c(Cc2ccc3c(c2)c(-c2cccc(Cl)c2)cc(=O)n3C)ccc(Cn2cnnn2)c1O. The standard InChI is InChI=1S/C29H24ClN7O2/c1-35-16-31-14-26(35)28-20(7-8-21(29(28)39)15-37-17-32-33-34-37)10-18-6-9-25-24(11-18)23(13-27(38)36(25)2)19-4-3-5-22(30)12-19/h3-9,11-14,16-17,39H,10,15H2,1-2H3. The van der Waals surface area contributed by atoms with E-state index in [1.165, 1.54) is 6.33 Å². The van der Waals surface area contributed by atoms with Gasteiger partial charge >= 0.3 is 0 Å². The van der Waals surface area contributed by atoms with Crippen molar-refractivity contribution < 1.29 is 5.11 Å². The molecule has 0 unspecified atom stereocenters. The predicted molar refractivity (Wildman–Crippen MR) is 150 cm³/mol. The molecule has 0 saturated heterocycles. The first-order valence-electron chi connectivity index (χ1n) is 12.3. The minimum Gasteiger partial charge on any atom is -0.507 e. The van der Waals surface area contributed by atoms with Gasteiger partial charge in [-0.2, -0.15) is 0 Å². The van der Waals surface area contributed by atoms with E-state index in [1.54, 1.807) is 34.9 Å². The molecule has 0 bridgehead atoms. The van der Waals surface area contributed by atoms with Crippen molar-refractivity contribution in [2.75, 3.05) is 0 Å². The van der Waals surface area contributed by atoms with Crippen LogP contribution in [0.3, 0.4) is 0 Å². The molecule has 0 fully saturated rings. The number of nitrogens with zero attached hydrogens (tertiary/aromatic N) is 7. The first-order chi connectivity index (χ1) is 18.9. The minimum absolute atomic E-state index is 0.0909. The second kappa shape index (κ2) is 9.85. The molecule has 0 aliphatic heterocycles. The molecule has 0 atom stereocenters. The molecule has 0 saturated carbocycles. The normalized spacial score (nSPS) is 11.4. The molecule has 0 aliphatic rings. The summed E-state index contributed by atoms with van der Waals surface area (Å²) in [6.45, 7) is 0.330. The fourth-order valence-corrected chi connectivity index (χ4v) is 5.19. The van der Waals surface area contributed by atoms with Crippen LogP contribution in [-0.4, -0.2) is 39.4 Å². The summed E-state index contributed by atoms with van der Waals surface area (Å²) in [7, 11) is 3.67. The van der Waals surface area contributed by atoms with Gasteiger partial charge in [0.05, 0.1) is 30.3 Å². The molecule has 0 spiro atoms. The number of fused-ring (bicyclic) bond motifs is 1. The average Bonchev–Trinajstić information content (AvgIpc) is 3.60. The maximum absolute atomic E-state index is 12.8. The van der Waals surface area contributed by atoms with Crippen molar-refractivity contribution in [3.63, 3.8) is 0 Å². The lowest BCUT2D eigenvalue weighted by Gasteiger charge is -2.17. The van der Waals surface area contributed by atoms with Gasteiger partial charge in [0.25, 0.3) is 5.56 Å². The Kier molecular flexibility index (Phi) is 6.20. The Morgan fingerprint density at radius 3 is 2.56 bits per heavy atom. The second-order valence-electron chi connectivity index (χ2n) is 9.50. The van der Waals surface area contributed by atoms with Gasteiger partial charge in [0.2, 0.25) is 0 Å². The molecule has 9 nitrogen and oxygen atoms in total. The molecule has 0 amide bonds. The predicted octanol–water partition coefficient (Wildman–Crippen LogP) is 4.59. The van der Waals surface area contributed by atoms with Crippen LogP contribution in [0, 0.1) is 0 Å². The minimum atomic E-state index is -0.0909. The molecular formula is C29H24ClN7O2. The van der Waals surface area contributed by atoms with Crippen LogP contribution in [0.15, 0.2) is 84.3 Å². The Balaban J connectivity index is 1.48. The Morgan fingerprint density at radius 2 is 1.82 bits per heavy atom. The van der Waals surface area contributed by atoms with E-state index >= 15 is 0 Å². The van der Waals surface area contributed by atoms with Gasteiger partial charge in [0, 0.05) is 41.7 Å². The number of phenolic OH excluding ortho intramolecular Hbond substituents is 1. The lowest BCUT2D eigenvalue weighted by Crippen LogP contribution is -2.16. The van der Waals surface area contributed by atoms with Crippen molar-refractivity contribution in [1.29, 1.82) is 0 Å². The van der Waals surface area contributed by atoms with Gasteiger partial charge in [0.1, 0.15) is 12.1 Å².